The van der Waals surface area contributed by atoms with E-state index >= 15 is 0 Å². The van der Waals surface area contributed by atoms with Crippen molar-refractivity contribution < 1.29 is 14.3 Å². The monoisotopic (exact) mass is 278 g/mol. The molecule has 1 aliphatic rings. The maximum atomic E-state index is 11.8. The van der Waals surface area contributed by atoms with Crippen LogP contribution in [0.1, 0.15) is 30.7 Å². The highest BCUT2D eigenvalue weighted by Crippen LogP contribution is 2.22. The molecule has 0 aliphatic carbocycles. The van der Waals surface area contributed by atoms with Crippen molar-refractivity contribution in [3.8, 4) is 5.75 Å². The van der Waals surface area contributed by atoms with Crippen molar-refractivity contribution in [3.63, 3.8) is 0 Å². The standard InChI is InChI=1S/C15H22N2O3/c1-11-8-13(19-2)9-12(16-11)10-17-7-5-4-6-14(17)15(18)20-3/h8-9,14H,4-7,10H2,1-3H3/t14-/m1/s1. The molecule has 1 aliphatic heterocycles. The van der Waals surface area contributed by atoms with Crippen LogP contribution < -0.4 is 4.74 Å². The summed E-state index contributed by atoms with van der Waals surface area (Å²) in [6, 6.07) is 3.68. The second-order valence-electron chi connectivity index (χ2n) is 5.14. The number of likely N-dealkylation sites (tertiary alicyclic amines) is 1. The normalized spacial score (nSPS) is 19.6. The summed E-state index contributed by atoms with van der Waals surface area (Å²) in [4.78, 5) is 18.5. The molecule has 0 amide bonds. The first-order valence-corrected chi connectivity index (χ1v) is 6.97. The molecule has 0 bridgehead atoms. The first-order valence-electron chi connectivity index (χ1n) is 6.97. The summed E-state index contributed by atoms with van der Waals surface area (Å²) in [5.41, 5.74) is 1.85. The zero-order valence-electron chi connectivity index (χ0n) is 12.4. The van der Waals surface area contributed by atoms with Gasteiger partial charge in [-0.1, -0.05) is 6.42 Å². The third-order valence-electron chi connectivity index (χ3n) is 3.67. The molecule has 110 valence electrons. The summed E-state index contributed by atoms with van der Waals surface area (Å²) in [5.74, 6) is 0.656. The van der Waals surface area contributed by atoms with E-state index < -0.39 is 0 Å². The Labute approximate surface area is 119 Å². The molecule has 0 radical (unpaired) electrons. The highest BCUT2D eigenvalue weighted by Gasteiger charge is 2.29. The Bertz CT molecular complexity index is 476. The Morgan fingerprint density at radius 1 is 1.40 bits per heavy atom. The van der Waals surface area contributed by atoms with Gasteiger partial charge in [0.1, 0.15) is 11.8 Å². The van der Waals surface area contributed by atoms with Gasteiger partial charge in [0.15, 0.2) is 0 Å². The number of hydrogen-bond donors (Lipinski definition) is 0. The minimum atomic E-state index is -0.151. The lowest BCUT2D eigenvalue weighted by molar-refractivity contribution is -0.148. The van der Waals surface area contributed by atoms with Crippen LogP contribution >= 0.6 is 0 Å². The van der Waals surface area contributed by atoms with Crippen LogP contribution in [0.25, 0.3) is 0 Å². The van der Waals surface area contributed by atoms with Crippen LogP contribution in [-0.2, 0) is 16.1 Å². The molecule has 0 N–H and O–H groups in total. The molecule has 20 heavy (non-hydrogen) atoms. The Hall–Kier alpha value is -1.62. The van der Waals surface area contributed by atoms with Crippen molar-refractivity contribution in [1.29, 1.82) is 0 Å². The van der Waals surface area contributed by atoms with Crippen molar-refractivity contribution in [2.75, 3.05) is 20.8 Å². The molecule has 0 spiro atoms. The lowest BCUT2D eigenvalue weighted by Gasteiger charge is -2.33. The number of rotatable bonds is 4. The van der Waals surface area contributed by atoms with E-state index in [0.717, 1.165) is 42.9 Å². The minimum absolute atomic E-state index is 0.149. The smallest absolute Gasteiger partial charge is 0.323 e. The first kappa shape index (κ1) is 14.8. The molecule has 5 heteroatoms. The van der Waals surface area contributed by atoms with E-state index in [1.807, 2.05) is 19.1 Å². The number of carbonyl (C=O) groups excluding carboxylic acids is 1. The number of piperidine rings is 1. The predicted octanol–water partition coefficient (Wildman–Crippen LogP) is 1.93. The summed E-state index contributed by atoms with van der Waals surface area (Å²) in [5, 5.41) is 0. The highest BCUT2D eigenvalue weighted by molar-refractivity contribution is 5.75. The quantitative estimate of drug-likeness (QED) is 0.788. The molecular weight excluding hydrogens is 256 g/mol. The van der Waals surface area contributed by atoms with E-state index in [4.69, 9.17) is 9.47 Å². The minimum Gasteiger partial charge on any atom is -0.497 e. The Morgan fingerprint density at radius 3 is 2.90 bits per heavy atom. The molecule has 0 aromatic carbocycles. The van der Waals surface area contributed by atoms with E-state index in [2.05, 4.69) is 9.88 Å². The molecule has 0 unspecified atom stereocenters. The van der Waals surface area contributed by atoms with Crippen LogP contribution in [0.4, 0.5) is 0 Å². The second kappa shape index (κ2) is 6.70. The summed E-state index contributed by atoms with van der Waals surface area (Å²) in [7, 11) is 3.10. The molecule has 2 rings (SSSR count). The third kappa shape index (κ3) is 3.48. The van der Waals surface area contributed by atoms with Crippen molar-refractivity contribution >= 4 is 5.97 Å². The lowest BCUT2D eigenvalue weighted by atomic mass is 10.0. The van der Waals surface area contributed by atoms with Gasteiger partial charge in [0, 0.05) is 24.4 Å². The van der Waals surface area contributed by atoms with E-state index in [1.54, 1.807) is 7.11 Å². The molecule has 5 nitrogen and oxygen atoms in total. The van der Waals surface area contributed by atoms with Crippen LogP contribution in [0.15, 0.2) is 12.1 Å². The maximum Gasteiger partial charge on any atom is 0.323 e. The fourth-order valence-corrected chi connectivity index (χ4v) is 2.69. The van der Waals surface area contributed by atoms with Gasteiger partial charge in [-0.15, -0.1) is 0 Å². The fourth-order valence-electron chi connectivity index (χ4n) is 2.69. The van der Waals surface area contributed by atoms with Crippen LogP contribution in [0.5, 0.6) is 5.75 Å². The summed E-state index contributed by atoms with van der Waals surface area (Å²) in [6.07, 6.45) is 3.03. The Balaban J connectivity index is 2.14. The van der Waals surface area contributed by atoms with Gasteiger partial charge in [-0.3, -0.25) is 14.7 Å². The number of carbonyl (C=O) groups is 1. The number of aromatic nitrogens is 1. The SMILES string of the molecule is COC(=O)[C@H]1CCCCN1Cc1cc(OC)cc(C)n1. The van der Waals surface area contributed by atoms with Crippen molar-refractivity contribution in [1.82, 2.24) is 9.88 Å². The first-order chi connectivity index (χ1) is 9.63. The maximum absolute atomic E-state index is 11.8. The van der Waals surface area contributed by atoms with Gasteiger partial charge in [0.25, 0.3) is 0 Å². The second-order valence-corrected chi connectivity index (χ2v) is 5.14. The van der Waals surface area contributed by atoms with Crippen molar-refractivity contribution in [2.24, 2.45) is 0 Å². The lowest BCUT2D eigenvalue weighted by Crippen LogP contribution is -2.44. The Morgan fingerprint density at radius 2 is 2.20 bits per heavy atom. The van der Waals surface area contributed by atoms with Crippen LogP contribution in [-0.4, -0.2) is 42.7 Å². The fraction of sp³-hybridized carbons (Fsp3) is 0.600. The summed E-state index contributed by atoms with van der Waals surface area (Å²) in [6.45, 7) is 3.50. The predicted molar refractivity (Wildman–Crippen MR) is 75.6 cm³/mol. The molecule has 1 aromatic heterocycles. The number of hydrogen-bond acceptors (Lipinski definition) is 5. The Kier molecular flexibility index (Phi) is 4.95. The summed E-state index contributed by atoms with van der Waals surface area (Å²) >= 11 is 0. The van der Waals surface area contributed by atoms with E-state index in [-0.39, 0.29) is 12.0 Å². The van der Waals surface area contributed by atoms with Crippen molar-refractivity contribution in [2.45, 2.75) is 38.8 Å². The molecule has 2 heterocycles. The molecule has 1 saturated heterocycles. The number of pyridine rings is 1. The average Bonchev–Trinajstić information content (AvgIpc) is 2.46. The number of nitrogens with zero attached hydrogens (tertiary/aromatic N) is 2. The van der Waals surface area contributed by atoms with Gasteiger partial charge in [-0.2, -0.15) is 0 Å². The highest BCUT2D eigenvalue weighted by atomic mass is 16.5. The zero-order valence-corrected chi connectivity index (χ0v) is 12.4. The van der Waals surface area contributed by atoms with Gasteiger partial charge in [-0.05, 0) is 26.3 Å². The van der Waals surface area contributed by atoms with Gasteiger partial charge in [0.05, 0.1) is 19.9 Å². The molecule has 0 saturated carbocycles. The third-order valence-corrected chi connectivity index (χ3v) is 3.67. The molecule has 1 atom stereocenters. The van der Waals surface area contributed by atoms with Crippen LogP contribution in [0, 0.1) is 6.92 Å². The van der Waals surface area contributed by atoms with Crippen LogP contribution in [0.3, 0.4) is 0 Å². The summed E-state index contributed by atoms with van der Waals surface area (Å²) < 4.78 is 10.2. The number of methoxy groups -OCH3 is 2. The number of ether oxygens (including phenoxy) is 2. The van der Waals surface area contributed by atoms with Gasteiger partial charge >= 0.3 is 5.97 Å². The average molecular weight is 278 g/mol. The zero-order chi connectivity index (χ0) is 14.5. The molecule has 1 aromatic rings. The van der Waals surface area contributed by atoms with Crippen LogP contribution in [0.2, 0.25) is 0 Å². The van der Waals surface area contributed by atoms with Gasteiger partial charge in [-0.25, -0.2) is 0 Å². The molecule has 1 fully saturated rings. The van der Waals surface area contributed by atoms with E-state index in [9.17, 15) is 4.79 Å². The van der Waals surface area contributed by atoms with Gasteiger partial charge in [0.2, 0.25) is 0 Å². The topological polar surface area (TPSA) is 51.7 Å². The van der Waals surface area contributed by atoms with Gasteiger partial charge < -0.3 is 9.47 Å². The molecular formula is C15H22N2O3. The largest absolute Gasteiger partial charge is 0.497 e. The van der Waals surface area contributed by atoms with Crippen molar-refractivity contribution in [3.05, 3.63) is 23.5 Å². The van der Waals surface area contributed by atoms with E-state index in [0.29, 0.717) is 6.54 Å². The number of esters is 1. The van der Waals surface area contributed by atoms with E-state index in [1.165, 1.54) is 7.11 Å². The number of aryl methyl sites for hydroxylation is 1.